The van der Waals surface area contributed by atoms with E-state index in [-0.39, 0.29) is 0 Å². The number of hydrogen-bond acceptors (Lipinski definition) is 3. The van der Waals surface area contributed by atoms with Gasteiger partial charge in [-0.1, -0.05) is 15.9 Å². The Kier molecular flexibility index (Phi) is 2.56. The lowest BCUT2D eigenvalue weighted by molar-refractivity contribution is 0.529. The summed E-state index contributed by atoms with van der Waals surface area (Å²) >= 11 is 3.43. The Morgan fingerprint density at radius 1 is 1.50 bits per heavy atom. The molecule has 0 atom stereocenters. The molecule has 0 bridgehead atoms. The molecule has 0 fully saturated rings. The van der Waals surface area contributed by atoms with Gasteiger partial charge in [0.15, 0.2) is 11.5 Å². The Hall–Kier alpha value is -0.870. The van der Waals surface area contributed by atoms with Gasteiger partial charge >= 0.3 is 0 Å². The van der Waals surface area contributed by atoms with E-state index in [0.29, 0.717) is 18.9 Å². The predicted molar refractivity (Wildman–Crippen MR) is 59.2 cm³/mol. The van der Waals surface area contributed by atoms with E-state index in [2.05, 4.69) is 20.9 Å². The van der Waals surface area contributed by atoms with Crippen LogP contribution in [-0.2, 0) is 6.42 Å². The Labute approximate surface area is 90.4 Å². The Balaban J connectivity index is 2.58. The fourth-order valence-corrected chi connectivity index (χ4v) is 1.99. The quantitative estimate of drug-likeness (QED) is 0.896. The molecular weight excluding hydrogens is 244 g/mol. The van der Waals surface area contributed by atoms with Crippen molar-refractivity contribution < 1.29 is 4.42 Å². The van der Waals surface area contributed by atoms with Crippen molar-refractivity contribution in [3.05, 3.63) is 28.1 Å². The molecule has 1 aromatic carbocycles. The van der Waals surface area contributed by atoms with Gasteiger partial charge in [-0.15, -0.1) is 0 Å². The van der Waals surface area contributed by atoms with E-state index in [4.69, 9.17) is 10.2 Å². The van der Waals surface area contributed by atoms with Crippen LogP contribution in [0.3, 0.4) is 0 Å². The molecular formula is C10H11BrN2O. The number of oxazole rings is 1. The first-order chi connectivity index (χ1) is 6.70. The highest BCUT2D eigenvalue weighted by atomic mass is 79.9. The number of fused-ring (bicyclic) bond motifs is 1. The number of rotatable bonds is 2. The van der Waals surface area contributed by atoms with Gasteiger partial charge in [-0.05, 0) is 24.6 Å². The summed E-state index contributed by atoms with van der Waals surface area (Å²) in [6.45, 7) is 2.57. The van der Waals surface area contributed by atoms with E-state index in [1.807, 2.05) is 19.1 Å². The van der Waals surface area contributed by atoms with E-state index in [9.17, 15) is 0 Å². The maximum absolute atomic E-state index is 5.58. The molecule has 4 heteroatoms. The number of hydrogen-bond donors (Lipinski definition) is 1. The average Bonchev–Trinajstić information content (AvgIpc) is 2.48. The Morgan fingerprint density at radius 2 is 2.29 bits per heavy atom. The lowest BCUT2D eigenvalue weighted by Crippen LogP contribution is -2.02. The molecule has 1 heterocycles. The Bertz CT molecular complexity index is 464. The molecule has 2 N–H and O–H groups in total. The first-order valence-corrected chi connectivity index (χ1v) is 5.25. The molecule has 14 heavy (non-hydrogen) atoms. The molecule has 0 aliphatic rings. The molecule has 0 saturated heterocycles. The molecule has 1 aromatic heterocycles. The summed E-state index contributed by atoms with van der Waals surface area (Å²) in [5, 5.41) is 0. The van der Waals surface area contributed by atoms with Crippen LogP contribution < -0.4 is 5.73 Å². The summed E-state index contributed by atoms with van der Waals surface area (Å²) in [6.07, 6.45) is 0.686. The van der Waals surface area contributed by atoms with Crippen LogP contribution >= 0.6 is 15.9 Å². The largest absolute Gasteiger partial charge is 0.440 e. The predicted octanol–water partition coefficient (Wildman–Crippen LogP) is 2.40. The molecule has 0 aliphatic carbocycles. The molecule has 3 nitrogen and oxygen atoms in total. The smallest absolute Gasteiger partial charge is 0.196 e. The van der Waals surface area contributed by atoms with E-state index in [0.717, 1.165) is 21.1 Å². The van der Waals surface area contributed by atoms with Crippen molar-refractivity contribution in [2.24, 2.45) is 5.73 Å². The van der Waals surface area contributed by atoms with Gasteiger partial charge in [0.1, 0.15) is 5.52 Å². The van der Waals surface area contributed by atoms with Crippen LogP contribution in [0.5, 0.6) is 0 Å². The van der Waals surface area contributed by atoms with E-state index < -0.39 is 0 Å². The van der Waals surface area contributed by atoms with E-state index >= 15 is 0 Å². The van der Waals surface area contributed by atoms with Gasteiger partial charge < -0.3 is 10.2 Å². The second-order valence-electron chi connectivity index (χ2n) is 3.22. The van der Waals surface area contributed by atoms with Crippen molar-refractivity contribution in [1.29, 1.82) is 0 Å². The summed E-state index contributed by atoms with van der Waals surface area (Å²) in [5.74, 6) is 0.712. The molecule has 0 aliphatic heterocycles. The number of nitrogens with zero attached hydrogens (tertiary/aromatic N) is 1. The topological polar surface area (TPSA) is 52.0 Å². The Morgan fingerprint density at radius 3 is 3.00 bits per heavy atom. The van der Waals surface area contributed by atoms with Crippen molar-refractivity contribution >= 4 is 27.0 Å². The minimum atomic E-state index is 0.563. The van der Waals surface area contributed by atoms with Crippen LogP contribution in [-0.4, -0.2) is 11.5 Å². The number of aromatic nitrogens is 1. The van der Waals surface area contributed by atoms with Crippen LogP contribution in [0.15, 0.2) is 21.0 Å². The first-order valence-electron chi connectivity index (χ1n) is 4.46. The second-order valence-corrected chi connectivity index (χ2v) is 4.13. The average molecular weight is 255 g/mol. The van der Waals surface area contributed by atoms with Crippen LogP contribution in [0, 0.1) is 6.92 Å². The second kappa shape index (κ2) is 3.71. The fourth-order valence-electron chi connectivity index (χ4n) is 1.43. The van der Waals surface area contributed by atoms with E-state index in [1.165, 1.54) is 0 Å². The third-order valence-electron chi connectivity index (χ3n) is 2.04. The molecule has 74 valence electrons. The fraction of sp³-hybridized carbons (Fsp3) is 0.300. The standard InChI is InChI=1S/C10H11BrN2O/c1-6-4-7(11)5-8-10(6)14-9(13-8)2-3-12/h4-5H,2-3,12H2,1H3. The van der Waals surface area contributed by atoms with Gasteiger partial charge in [-0.25, -0.2) is 4.98 Å². The summed E-state index contributed by atoms with van der Waals surface area (Å²) in [7, 11) is 0. The molecule has 2 rings (SSSR count). The highest BCUT2D eigenvalue weighted by Crippen LogP contribution is 2.24. The SMILES string of the molecule is Cc1cc(Br)cc2nc(CCN)oc12. The zero-order valence-electron chi connectivity index (χ0n) is 7.88. The first kappa shape index (κ1) is 9.68. The summed E-state index contributed by atoms with van der Waals surface area (Å²) in [5.41, 5.74) is 8.28. The van der Waals surface area contributed by atoms with Gasteiger partial charge in [0.05, 0.1) is 0 Å². The van der Waals surface area contributed by atoms with Crippen molar-refractivity contribution in [3.63, 3.8) is 0 Å². The number of nitrogens with two attached hydrogens (primary N) is 1. The molecule has 2 aromatic rings. The van der Waals surface area contributed by atoms with Crippen LogP contribution in [0.25, 0.3) is 11.1 Å². The van der Waals surface area contributed by atoms with Crippen molar-refractivity contribution in [2.45, 2.75) is 13.3 Å². The van der Waals surface area contributed by atoms with Gasteiger partial charge in [0.25, 0.3) is 0 Å². The lowest BCUT2D eigenvalue weighted by Gasteiger charge is -1.93. The lowest BCUT2D eigenvalue weighted by atomic mass is 10.2. The highest BCUT2D eigenvalue weighted by molar-refractivity contribution is 9.10. The molecule has 0 spiro atoms. The highest BCUT2D eigenvalue weighted by Gasteiger charge is 2.08. The molecule has 0 amide bonds. The van der Waals surface area contributed by atoms with Crippen molar-refractivity contribution in [2.75, 3.05) is 6.54 Å². The van der Waals surface area contributed by atoms with Gasteiger partial charge in [0.2, 0.25) is 0 Å². The van der Waals surface area contributed by atoms with Crippen molar-refractivity contribution in [1.82, 2.24) is 4.98 Å². The monoisotopic (exact) mass is 254 g/mol. The summed E-state index contributed by atoms with van der Waals surface area (Å²) in [6, 6.07) is 3.96. The number of aryl methyl sites for hydroxylation is 1. The van der Waals surface area contributed by atoms with Gasteiger partial charge in [-0.2, -0.15) is 0 Å². The maximum atomic E-state index is 5.58. The summed E-state index contributed by atoms with van der Waals surface area (Å²) < 4.78 is 6.61. The van der Waals surface area contributed by atoms with Gasteiger partial charge in [-0.3, -0.25) is 0 Å². The van der Waals surface area contributed by atoms with Crippen LogP contribution in [0.4, 0.5) is 0 Å². The minimum absolute atomic E-state index is 0.563. The molecule has 0 saturated carbocycles. The molecule has 0 unspecified atom stereocenters. The number of halogens is 1. The maximum Gasteiger partial charge on any atom is 0.196 e. The van der Waals surface area contributed by atoms with Gasteiger partial charge in [0, 0.05) is 17.4 Å². The van der Waals surface area contributed by atoms with Crippen LogP contribution in [0.1, 0.15) is 11.5 Å². The third-order valence-corrected chi connectivity index (χ3v) is 2.50. The van der Waals surface area contributed by atoms with Crippen LogP contribution in [0.2, 0.25) is 0 Å². The minimum Gasteiger partial charge on any atom is -0.440 e. The van der Waals surface area contributed by atoms with E-state index in [1.54, 1.807) is 0 Å². The normalized spacial score (nSPS) is 11.1. The zero-order chi connectivity index (χ0) is 10.1. The molecule has 0 radical (unpaired) electrons. The number of benzene rings is 1. The van der Waals surface area contributed by atoms with Crippen molar-refractivity contribution in [3.8, 4) is 0 Å². The zero-order valence-corrected chi connectivity index (χ0v) is 9.47. The third kappa shape index (κ3) is 1.67. The summed E-state index contributed by atoms with van der Waals surface area (Å²) in [4.78, 5) is 4.35.